The van der Waals surface area contributed by atoms with Gasteiger partial charge in [-0.15, -0.1) is 0 Å². The van der Waals surface area contributed by atoms with Gasteiger partial charge in [0.2, 0.25) is 5.91 Å². The molecule has 0 saturated carbocycles. The van der Waals surface area contributed by atoms with Crippen molar-refractivity contribution >= 4 is 17.5 Å². The number of carbonyl (C=O) groups is 2. The maximum atomic E-state index is 13.2. The van der Waals surface area contributed by atoms with E-state index in [1.54, 1.807) is 4.90 Å². The zero-order valence-corrected chi connectivity index (χ0v) is 19.7. The summed E-state index contributed by atoms with van der Waals surface area (Å²) < 4.78 is 0. The summed E-state index contributed by atoms with van der Waals surface area (Å²) in [7, 11) is 0. The van der Waals surface area contributed by atoms with Gasteiger partial charge in [0.1, 0.15) is 0 Å². The van der Waals surface area contributed by atoms with Crippen LogP contribution in [0, 0.1) is 0 Å². The molecule has 1 atom stereocenters. The molecule has 0 radical (unpaired) electrons. The number of benzene rings is 2. The molecule has 180 valence electrons. The van der Waals surface area contributed by atoms with Crippen LogP contribution in [0.3, 0.4) is 0 Å². The first-order chi connectivity index (χ1) is 16.5. The molecule has 7 heteroatoms. The Hall–Kier alpha value is -2.90. The minimum absolute atomic E-state index is 0.0422. The van der Waals surface area contributed by atoms with E-state index in [4.69, 9.17) is 0 Å². The van der Waals surface area contributed by atoms with Crippen molar-refractivity contribution in [2.24, 2.45) is 0 Å². The molecule has 3 heterocycles. The summed E-state index contributed by atoms with van der Waals surface area (Å²) in [5.41, 5.74) is 1.98. The van der Waals surface area contributed by atoms with Crippen molar-refractivity contribution in [3.63, 3.8) is 0 Å². The molecule has 5 rings (SSSR count). The smallest absolute Gasteiger partial charge is 0.253 e. The van der Waals surface area contributed by atoms with Crippen LogP contribution in [0.15, 0.2) is 54.6 Å². The third kappa shape index (κ3) is 5.10. The quantitative estimate of drug-likeness (QED) is 0.713. The predicted octanol–water partition coefficient (Wildman–Crippen LogP) is 2.21. The Balaban J connectivity index is 1.15. The summed E-state index contributed by atoms with van der Waals surface area (Å²) in [5, 5.41) is 11.3. The highest BCUT2D eigenvalue weighted by molar-refractivity contribution is 5.94. The number of carbonyl (C=O) groups excluding carboxylic acids is 2. The lowest BCUT2D eigenvalue weighted by Gasteiger charge is -2.39. The van der Waals surface area contributed by atoms with E-state index >= 15 is 0 Å². The molecule has 3 saturated heterocycles. The van der Waals surface area contributed by atoms with Gasteiger partial charge in [-0.05, 0) is 42.7 Å². The number of para-hydroxylation sites is 1. The molecule has 0 aromatic heterocycles. The highest BCUT2D eigenvalue weighted by Crippen LogP contribution is 2.26. The lowest BCUT2D eigenvalue weighted by Crippen LogP contribution is -2.53. The summed E-state index contributed by atoms with van der Waals surface area (Å²) in [6.07, 6.45) is 2.12. The van der Waals surface area contributed by atoms with E-state index in [9.17, 15) is 14.7 Å². The number of hydrogen-bond donors (Lipinski definition) is 1. The highest BCUT2D eigenvalue weighted by atomic mass is 16.3. The van der Waals surface area contributed by atoms with Crippen LogP contribution in [0.4, 0.5) is 5.69 Å². The van der Waals surface area contributed by atoms with Gasteiger partial charge >= 0.3 is 0 Å². The summed E-state index contributed by atoms with van der Waals surface area (Å²) in [6, 6.07) is 18.0. The Morgan fingerprint density at radius 3 is 2.47 bits per heavy atom. The van der Waals surface area contributed by atoms with Gasteiger partial charge in [-0.25, -0.2) is 0 Å². The van der Waals surface area contributed by atoms with Crippen molar-refractivity contribution in [1.29, 1.82) is 0 Å². The third-order valence-electron chi connectivity index (χ3n) is 7.35. The monoisotopic (exact) mass is 462 g/mol. The van der Waals surface area contributed by atoms with E-state index in [0.29, 0.717) is 44.6 Å². The van der Waals surface area contributed by atoms with Crippen LogP contribution in [0.1, 0.15) is 35.2 Å². The number of anilines is 1. The Morgan fingerprint density at radius 2 is 1.74 bits per heavy atom. The van der Waals surface area contributed by atoms with E-state index < -0.39 is 5.60 Å². The Bertz CT molecular complexity index is 1020. The molecule has 34 heavy (non-hydrogen) atoms. The van der Waals surface area contributed by atoms with E-state index in [-0.39, 0.29) is 11.8 Å². The van der Waals surface area contributed by atoms with E-state index in [1.165, 1.54) is 5.69 Å². The molecule has 0 bridgehead atoms. The van der Waals surface area contributed by atoms with E-state index in [2.05, 4.69) is 34.1 Å². The fourth-order valence-corrected chi connectivity index (χ4v) is 5.45. The first kappa shape index (κ1) is 22.9. The number of rotatable bonds is 6. The standard InChI is InChI=1S/C27H34N4O3/c32-25-10-5-12-30(25)19-22-6-4-7-23(18-22)26(33)31-13-11-27(34,21-31)20-28-14-16-29(17-15-28)24-8-2-1-3-9-24/h1-4,6-9,18,34H,5,10-17,19-21H2/t27-/m0/s1. The molecule has 7 nitrogen and oxygen atoms in total. The molecule has 3 aliphatic heterocycles. The summed E-state index contributed by atoms with van der Waals surface area (Å²) >= 11 is 0. The van der Waals surface area contributed by atoms with Gasteiger partial charge in [-0.3, -0.25) is 14.5 Å². The maximum absolute atomic E-state index is 13.2. The Labute approximate surface area is 201 Å². The predicted molar refractivity (Wildman–Crippen MR) is 132 cm³/mol. The average molecular weight is 463 g/mol. The fraction of sp³-hybridized carbons (Fsp3) is 0.481. The van der Waals surface area contributed by atoms with Gasteiger partial charge < -0.3 is 19.8 Å². The molecule has 1 N–H and O–H groups in total. The Morgan fingerprint density at radius 1 is 0.941 bits per heavy atom. The zero-order chi connectivity index (χ0) is 23.5. The molecular weight excluding hydrogens is 428 g/mol. The number of piperazine rings is 1. The molecule has 2 aromatic rings. The number of likely N-dealkylation sites (tertiary alicyclic amines) is 2. The lowest BCUT2D eigenvalue weighted by atomic mass is 10.0. The van der Waals surface area contributed by atoms with Crippen molar-refractivity contribution in [2.45, 2.75) is 31.4 Å². The van der Waals surface area contributed by atoms with Gasteiger partial charge in [0.15, 0.2) is 0 Å². The van der Waals surface area contributed by atoms with Crippen molar-refractivity contribution < 1.29 is 14.7 Å². The first-order valence-corrected chi connectivity index (χ1v) is 12.4. The van der Waals surface area contributed by atoms with Crippen LogP contribution in [-0.4, -0.2) is 89.6 Å². The summed E-state index contributed by atoms with van der Waals surface area (Å²) in [6.45, 7) is 6.55. The van der Waals surface area contributed by atoms with E-state index in [0.717, 1.165) is 44.7 Å². The molecule has 3 fully saturated rings. The largest absolute Gasteiger partial charge is 0.387 e. The first-order valence-electron chi connectivity index (χ1n) is 12.4. The topological polar surface area (TPSA) is 67.3 Å². The van der Waals surface area contributed by atoms with Crippen molar-refractivity contribution in [2.75, 3.05) is 57.3 Å². The minimum atomic E-state index is -0.871. The number of aliphatic hydroxyl groups is 1. The van der Waals surface area contributed by atoms with E-state index in [1.807, 2.05) is 35.2 Å². The van der Waals surface area contributed by atoms with Crippen LogP contribution in [0.5, 0.6) is 0 Å². The molecule has 0 spiro atoms. The van der Waals surface area contributed by atoms with Gasteiger partial charge in [-0.2, -0.15) is 0 Å². The molecule has 0 aliphatic carbocycles. The maximum Gasteiger partial charge on any atom is 0.253 e. The van der Waals surface area contributed by atoms with Crippen LogP contribution >= 0.6 is 0 Å². The average Bonchev–Trinajstić information content (AvgIpc) is 3.45. The zero-order valence-electron chi connectivity index (χ0n) is 19.7. The SMILES string of the molecule is O=C1CCCN1Cc1cccc(C(=O)N2CC[C@](O)(CN3CCN(c4ccccc4)CC3)C2)c1. The minimum Gasteiger partial charge on any atom is -0.387 e. The second-order valence-electron chi connectivity index (χ2n) is 9.92. The van der Waals surface area contributed by atoms with Gasteiger partial charge in [0.05, 0.1) is 12.1 Å². The summed E-state index contributed by atoms with van der Waals surface area (Å²) in [5.74, 6) is 0.144. The van der Waals surface area contributed by atoms with Crippen molar-refractivity contribution in [3.8, 4) is 0 Å². The van der Waals surface area contributed by atoms with Gasteiger partial charge in [0, 0.05) is 70.0 Å². The number of nitrogens with zero attached hydrogens (tertiary/aromatic N) is 4. The van der Waals surface area contributed by atoms with Crippen molar-refractivity contribution in [3.05, 3.63) is 65.7 Å². The van der Waals surface area contributed by atoms with Gasteiger partial charge in [-0.1, -0.05) is 30.3 Å². The third-order valence-corrected chi connectivity index (χ3v) is 7.35. The summed E-state index contributed by atoms with van der Waals surface area (Å²) in [4.78, 5) is 33.5. The molecular formula is C27H34N4O3. The molecule has 2 aromatic carbocycles. The molecule has 3 aliphatic rings. The second-order valence-corrected chi connectivity index (χ2v) is 9.92. The number of hydrogen-bond acceptors (Lipinski definition) is 5. The fourth-order valence-electron chi connectivity index (χ4n) is 5.45. The normalized spacial score (nSPS) is 23.7. The van der Waals surface area contributed by atoms with Crippen LogP contribution in [-0.2, 0) is 11.3 Å². The van der Waals surface area contributed by atoms with Crippen LogP contribution in [0.25, 0.3) is 0 Å². The van der Waals surface area contributed by atoms with Crippen LogP contribution in [0.2, 0.25) is 0 Å². The molecule has 0 unspecified atom stereocenters. The lowest BCUT2D eigenvalue weighted by molar-refractivity contribution is -0.128. The number of amides is 2. The number of β-amino-alcohol motifs (C(OH)–C–C–N with tert-alkyl or cyclic N) is 1. The highest BCUT2D eigenvalue weighted by Gasteiger charge is 2.40. The van der Waals surface area contributed by atoms with Crippen LogP contribution < -0.4 is 4.90 Å². The Kier molecular flexibility index (Phi) is 6.57. The molecule has 2 amide bonds. The second kappa shape index (κ2) is 9.76. The van der Waals surface area contributed by atoms with Gasteiger partial charge in [0.25, 0.3) is 5.91 Å². The van der Waals surface area contributed by atoms with Crippen molar-refractivity contribution in [1.82, 2.24) is 14.7 Å².